The number of hydrogen-bond acceptors (Lipinski definition) is 1. The lowest BCUT2D eigenvalue weighted by Gasteiger charge is -2.03. The number of benzene rings is 1. The Morgan fingerprint density at radius 3 is 2.62 bits per heavy atom. The number of carboxylic acid groups (broad SMARTS) is 1. The summed E-state index contributed by atoms with van der Waals surface area (Å²) in [5.41, 5.74) is 3.61. The Morgan fingerprint density at radius 2 is 2.06 bits per heavy atom. The van der Waals surface area contributed by atoms with Crippen molar-refractivity contribution in [2.45, 2.75) is 27.3 Å². The zero-order chi connectivity index (χ0) is 11.9. The number of rotatable bonds is 2. The third kappa shape index (κ3) is 1.32. The Balaban J connectivity index is 2.94. The molecule has 0 amide bonds. The van der Waals surface area contributed by atoms with Crippen LogP contribution >= 0.6 is 0 Å². The molecule has 1 heterocycles. The van der Waals surface area contributed by atoms with Crippen molar-refractivity contribution in [3.63, 3.8) is 0 Å². The SMILES string of the molecule is CCn1c(C)c(C)c2c(C(=O)O)cccc21. The zero-order valence-electron chi connectivity index (χ0n) is 9.74. The Morgan fingerprint density at radius 1 is 1.38 bits per heavy atom. The van der Waals surface area contributed by atoms with Crippen molar-refractivity contribution in [2.75, 3.05) is 0 Å². The second kappa shape index (κ2) is 3.67. The van der Waals surface area contributed by atoms with Gasteiger partial charge in [0.2, 0.25) is 0 Å². The molecule has 1 aromatic heterocycles. The maximum atomic E-state index is 11.2. The summed E-state index contributed by atoms with van der Waals surface area (Å²) in [4.78, 5) is 11.2. The van der Waals surface area contributed by atoms with Crippen molar-refractivity contribution in [1.82, 2.24) is 4.57 Å². The van der Waals surface area contributed by atoms with Gasteiger partial charge >= 0.3 is 5.97 Å². The first kappa shape index (κ1) is 10.7. The van der Waals surface area contributed by atoms with Crippen LogP contribution in [0, 0.1) is 13.8 Å². The fourth-order valence-electron chi connectivity index (χ4n) is 2.31. The maximum absolute atomic E-state index is 11.2. The summed E-state index contributed by atoms with van der Waals surface area (Å²) in [5, 5.41) is 10.0. The number of carboxylic acids is 1. The van der Waals surface area contributed by atoms with Crippen molar-refractivity contribution in [2.24, 2.45) is 0 Å². The van der Waals surface area contributed by atoms with E-state index in [0.717, 1.165) is 28.7 Å². The lowest BCUT2D eigenvalue weighted by atomic mass is 10.1. The molecule has 0 spiro atoms. The first-order valence-corrected chi connectivity index (χ1v) is 5.39. The smallest absolute Gasteiger partial charge is 0.336 e. The predicted molar refractivity (Wildman–Crippen MR) is 64.0 cm³/mol. The van der Waals surface area contributed by atoms with E-state index in [1.165, 1.54) is 0 Å². The third-order valence-electron chi connectivity index (χ3n) is 3.20. The molecule has 0 radical (unpaired) electrons. The number of hydrogen-bond donors (Lipinski definition) is 1. The molecule has 0 atom stereocenters. The minimum absolute atomic E-state index is 0.394. The van der Waals surface area contributed by atoms with Crippen LogP contribution < -0.4 is 0 Å². The van der Waals surface area contributed by atoms with Gasteiger partial charge in [0, 0.05) is 23.1 Å². The minimum Gasteiger partial charge on any atom is -0.478 e. The molecule has 84 valence electrons. The normalized spacial score (nSPS) is 10.9. The van der Waals surface area contributed by atoms with Gasteiger partial charge in [-0.15, -0.1) is 0 Å². The largest absolute Gasteiger partial charge is 0.478 e. The molecule has 0 aliphatic heterocycles. The van der Waals surface area contributed by atoms with Crippen LogP contribution in [0.3, 0.4) is 0 Å². The van der Waals surface area contributed by atoms with Gasteiger partial charge in [-0.1, -0.05) is 6.07 Å². The van der Waals surface area contributed by atoms with Crippen molar-refractivity contribution in [3.05, 3.63) is 35.0 Å². The van der Waals surface area contributed by atoms with E-state index in [1.54, 1.807) is 12.1 Å². The Bertz CT molecular complexity index is 567. The number of aromatic carboxylic acids is 1. The Labute approximate surface area is 94.3 Å². The van der Waals surface area contributed by atoms with E-state index < -0.39 is 5.97 Å². The van der Waals surface area contributed by atoms with Gasteiger partial charge in [0.25, 0.3) is 0 Å². The average Bonchev–Trinajstić information content (AvgIpc) is 2.51. The van der Waals surface area contributed by atoms with Crippen molar-refractivity contribution in [3.8, 4) is 0 Å². The molecule has 2 rings (SSSR count). The van der Waals surface area contributed by atoms with Crippen molar-refractivity contribution < 1.29 is 9.90 Å². The number of fused-ring (bicyclic) bond motifs is 1. The van der Waals surface area contributed by atoms with E-state index >= 15 is 0 Å². The number of carbonyl (C=O) groups is 1. The summed E-state index contributed by atoms with van der Waals surface area (Å²) in [6, 6.07) is 5.44. The summed E-state index contributed by atoms with van der Waals surface area (Å²) >= 11 is 0. The van der Waals surface area contributed by atoms with E-state index in [-0.39, 0.29) is 0 Å². The van der Waals surface area contributed by atoms with Crippen molar-refractivity contribution in [1.29, 1.82) is 0 Å². The summed E-state index contributed by atoms with van der Waals surface area (Å²) in [5.74, 6) is -0.859. The van der Waals surface area contributed by atoms with Crippen LogP contribution in [0.4, 0.5) is 0 Å². The molecule has 0 bridgehead atoms. The van der Waals surface area contributed by atoms with E-state index in [9.17, 15) is 9.90 Å². The van der Waals surface area contributed by atoms with Gasteiger partial charge in [-0.25, -0.2) is 4.79 Å². The first-order chi connectivity index (χ1) is 7.57. The molecule has 3 heteroatoms. The third-order valence-corrected chi connectivity index (χ3v) is 3.20. The molecule has 3 nitrogen and oxygen atoms in total. The zero-order valence-corrected chi connectivity index (χ0v) is 9.74. The van der Waals surface area contributed by atoms with E-state index in [2.05, 4.69) is 11.5 Å². The van der Waals surface area contributed by atoms with Crippen LogP contribution in [0.25, 0.3) is 10.9 Å². The number of nitrogens with zero attached hydrogens (tertiary/aromatic N) is 1. The second-order valence-corrected chi connectivity index (χ2v) is 3.96. The van der Waals surface area contributed by atoms with Crippen LogP contribution in [0.15, 0.2) is 18.2 Å². The second-order valence-electron chi connectivity index (χ2n) is 3.96. The van der Waals surface area contributed by atoms with Gasteiger partial charge < -0.3 is 9.67 Å². The van der Waals surface area contributed by atoms with Gasteiger partial charge in [-0.2, -0.15) is 0 Å². The topological polar surface area (TPSA) is 42.2 Å². The molecule has 0 saturated heterocycles. The van der Waals surface area contributed by atoms with Crippen molar-refractivity contribution >= 4 is 16.9 Å². The highest BCUT2D eigenvalue weighted by Crippen LogP contribution is 2.28. The van der Waals surface area contributed by atoms with E-state index in [1.807, 2.05) is 19.9 Å². The van der Waals surface area contributed by atoms with E-state index in [0.29, 0.717) is 5.56 Å². The molecule has 0 unspecified atom stereocenters. The molecule has 0 fully saturated rings. The Hall–Kier alpha value is -1.77. The molecular formula is C13H15NO2. The highest BCUT2D eigenvalue weighted by atomic mass is 16.4. The summed E-state index contributed by atoms with van der Waals surface area (Å²) in [6.07, 6.45) is 0. The van der Waals surface area contributed by atoms with E-state index in [4.69, 9.17) is 0 Å². The average molecular weight is 217 g/mol. The molecule has 1 N–H and O–H groups in total. The molecule has 0 saturated carbocycles. The quantitative estimate of drug-likeness (QED) is 0.840. The van der Waals surface area contributed by atoms with Gasteiger partial charge in [-0.3, -0.25) is 0 Å². The molecule has 0 aliphatic rings. The fourth-order valence-corrected chi connectivity index (χ4v) is 2.31. The van der Waals surface area contributed by atoms with Gasteiger partial charge in [0.1, 0.15) is 0 Å². The Kier molecular flexibility index (Phi) is 2.46. The van der Waals surface area contributed by atoms with Crippen LogP contribution in [-0.2, 0) is 6.54 Å². The monoisotopic (exact) mass is 217 g/mol. The standard InChI is InChI=1S/C13H15NO2/c1-4-14-9(3)8(2)12-10(13(15)16)6-5-7-11(12)14/h5-7H,4H2,1-3H3,(H,15,16). The number of aromatic nitrogens is 1. The predicted octanol–water partition coefficient (Wildman–Crippen LogP) is 2.98. The lowest BCUT2D eigenvalue weighted by molar-refractivity contribution is 0.0699. The minimum atomic E-state index is -0.859. The molecule has 1 aromatic carbocycles. The summed E-state index contributed by atoms with van der Waals surface area (Å²) < 4.78 is 2.15. The summed E-state index contributed by atoms with van der Waals surface area (Å²) in [6.45, 7) is 6.94. The number of aryl methyl sites for hydroxylation is 2. The van der Waals surface area contributed by atoms with Crippen LogP contribution in [0.2, 0.25) is 0 Å². The maximum Gasteiger partial charge on any atom is 0.336 e. The highest BCUT2D eigenvalue weighted by molar-refractivity contribution is 6.05. The lowest BCUT2D eigenvalue weighted by Crippen LogP contribution is -1.98. The molecule has 0 aliphatic carbocycles. The van der Waals surface area contributed by atoms with Gasteiger partial charge in [0.05, 0.1) is 5.56 Å². The van der Waals surface area contributed by atoms with Crippen LogP contribution in [-0.4, -0.2) is 15.6 Å². The summed E-state index contributed by atoms with van der Waals surface area (Å²) in [7, 11) is 0. The fraction of sp³-hybridized carbons (Fsp3) is 0.308. The molecule has 16 heavy (non-hydrogen) atoms. The molecular weight excluding hydrogens is 202 g/mol. The van der Waals surface area contributed by atoms with Crippen LogP contribution in [0.5, 0.6) is 0 Å². The van der Waals surface area contributed by atoms with Gasteiger partial charge in [0.15, 0.2) is 0 Å². The van der Waals surface area contributed by atoms with Gasteiger partial charge in [-0.05, 0) is 38.5 Å². The van der Waals surface area contributed by atoms with Crippen LogP contribution in [0.1, 0.15) is 28.5 Å². The molecule has 2 aromatic rings. The highest BCUT2D eigenvalue weighted by Gasteiger charge is 2.16. The first-order valence-electron chi connectivity index (χ1n) is 5.39.